The fourth-order valence-electron chi connectivity index (χ4n) is 2.47. The molecule has 144 valence electrons. The summed E-state index contributed by atoms with van der Waals surface area (Å²) in [6.45, 7) is 2.04. The monoisotopic (exact) mass is 443 g/mol. The lowest BCUT2D eigenvalue weighted by molar-refractivity contribution is -0.123. The fourth-order valence-corrected chi connectivity index (χ4v) is 2.90. The van der Waals surface area contributed by atoms with Gasteiger partial charge in [0.1, 0.15) is 11.3 Å². The van der Waals surface area contributed by atoms with Crippen molar-refractivity contribution in [1.82, 2.24) is 10.4 Å². The Morgan fingerprint density at radius 2 is 2.07 bits per heavy atom. The lowest BCUT2D eigenvalue weighted by Crippen LogP contribution is -2.24. The summed E-state index contributed by atoms with van der Waals surface area (Å²) >= 11 is 3.33. The van der Waals surface area contributed by atoms with Gasteiger partial charge in [-0.15, -0.1) is 0 Å². The molecule has 0 aliphatic heterocycles. The standard InChI is InChI=1S/C20H18BrN3O4/c1-2-27-18-9-14(15(21)10-16(18)25)11-23-24-19(26)12-28-17-7-3-5-13-6-4-8-22-20(13)17/h3-11,25H,2,12H2,1H3,(H,24,26). The molecule has 0 bridgehead atoms. The van der Waals surface area contributed by atoms with Crippen LogP contribution in [0.5, 0.6) is 17.2 Å². The highest BCUT2D eigenvalue weighted by molar-refractivity contribution is 9.10. The van der Waals surface area contributed by atoms with Crippen LogP contribution in [-0.4, -0.2) is 35.4 Å². The minimum absolute atomic E-state index is 0.0204. The quantitative estimate of drug-likeness (QED) is 0.429. The third kappa shape index (κ3) is 4.77. The van der Waals surface area contributed by atoms with Crippen LogP contribution in [0.1, 0.15) is 12.5 Å². The van der Waals surface area contributed by atoms with E-state index < -0.39 is 5.91 Å². The molecule has 28 heavy (non-hydrogen) atoms. The maximum atomic E-state index is 12.0. The van der Waals surface area contributed by atoms with Crippen LogP contribution in [0.15, 0.2) is 58.2 Å². The molecule has 0 aliphatic carbocycles. The molecule has 1 amide bonds. The molecular weight excluding hydrogens is 426 g/mol. The Bertz CT molecular complexity index is 1020. The molecule has 0 saturated heterocycles. The number of nitrogens with zero attached hydrogens (tertiary/aromatic N) is 2. The summed E-state index contributed by atoms with van der Waals surface area (Å²) in [7, 11) is 0. The highest BCUT2D eigenvalue weighted by Gasteiger charge is 2.08. The molecule has 0 atom stereocenters. The number of fused-ring (bicyclic) bond motifs is 1. The van der Waals surface area contributed by atoms with Crippen molar-refractivity contribution in [2.24, 2.45) is 5.10 Å². The molecule has 2 aromatic carbocycles. The number of nitrogens with one attached hydrogen (secondary N) is 1. The van der Waals surface area contributed by atoms with E-state index in [0.717, 1.165) is 5.39 Å². The number of hydrogen-bond acceptors (Lipinski definition) is 6. The number of carbonyl (C=O) groups excluding carboxylic acids is 1. The first kappa shape index (κ1) is 19.6. The van der Waals surface area contributed by atoms with E-state index in [-0.39, 0.29) is 12.4 Å². The molecule has 0 fully saturated rings. The maximum Gasteiger partial charge on any atom is 0.277 e. The van der Waals surface area contributed by atoms with E-state index in [1.807, 2.05) is 31.2 Å². The van der Waals surface area contributed by atoms with Crippen LogP contribution in [0.2, 0.25) is 0 Å². The number of halogens is 1. The van der Waals surface area contributed by atoms with Crippen molar-refractivity contribution in [2.45, 2.75) is 6.92 Å². The Hall–Kier alpha value is -3.13. The summed E-state index contributed by atoms with van der Waals surface area (Å²) in [5, 5.41) is 14.7. The van der Waals surface area contributed by atoms with E-state index in [4.69, 9.17) is 9.47 Å². The van der Waals surface area contributed by atoms with Gasteiger partial charge in [-0.25, -0.2) is 5.43 Å². The van der Waals surface area contributed by atoms with Crippen molar-refractivity contribution < 1.29 is 19.4 Å². The zero-order valence-electron chi connectivity index (χ0n) is 15.1. The number of phenols is 1. The molecule has 0 unspecified atom stereocenters. The summed E-state index contributed by atoms with van der Waals surface area (Å²) in [4.78, 5) is 16.3. The number of pyridine rings is 1. The third-order valence-corrected chi connectivity index (χ3v) is 4.41. The number of ether oxygens (including phenoxy) is 2. The second-order valence-corrected chi connectivity index (χ2v) is 6.54. The van der Waals surface area contributed by atoms with Crippen molar-refractivity contribution >= 4 is 39.0 Å². The number of rotatable bonds is 7. The number of amides is 1. The second-order valence-electron chi connectivity index (χ2n) is 5.69. The number of aromatic hydroxyl groups is 1. The zero-order valence-corrected chi connectivity index (χ0v) is 16.6. The SMILES string of the molecule is CCOc1cc(C=NNC(=O)COc2cccc3cccnc23)c(Br)cc1O. The number of hydrazone groups is 1. The molecule has 1 aromatic heterocycles. The summed E-state index contributed by atoms with van der Waals surface area (Å²) in [5.74, 6) is 0.473. The van der Waals surface area contributed by atoms with E-state index in [1.54, 1.807) is 18.3 Å². The van der Waals surface area contributed by atoms with Crippen LogP contribution < -0.4 is 14.9 Å². The lowest BCUT2D eigenvalue weighted by Gasteiger charge is -2.08. The predicted molar refractivity (Wildman–Crippen MR) is 110 cm³/mol. The minimum Gasteiger partial charge on any atom is -0.504 e. The number of para-hydroxylation sites is 1. The van der Waals surface area contributed by atoms with Gasteiger partial charge in [0.25, 0.3) is 5.91 Å². The molecule has 2 N–H and O–H groups in total. The molecule has 7 nitrogen and oxygen atoms in total. The number of phenolic OH excluding ortho intramolecular Hbond substituents is 1. The van der Waals surface area contributed by atoms with Crippen LogP contribution in [0.3, 0.4) is 0 Å². The summed E-state index contributed by atoms with van der Waals surface area (Å²) < 4.78 is 11.5. The van der Waals surface area contributed by atoms with Gasteiger partial charge in [-0.3, -0.25) is 9.78 Å². The van der Waals surface area contributed by atoms with Gasteiger partial charge < -0.3 is 14.6 Å². The molecule has 0 radical (unpaired) electrons. The Morgan fingerprint density at radius 1 is 1.25 bits per heavy atom. The minimum atomic E-state index is -0.413. The van der Waals surface area contributed by atoms with Crippen molar-refractivity contribution in [3.63, 3.8) is 0 Å². The fraction of sp³-hybridized carbons (Fsp3) is 0.150. The molecule has 1 heterocycles. The summed E-state index contributed by atoms with van der Waals surface area (Å²) in [5.41, 5.74) is 3.74. The van der Waals surface area contributed by atoms with Crippen molar-refractivity contribution in [3.8, 4) is 17.2 Å². The van der Waals surface area contributed by atoms with Gasteiger partial charge in [-0.2, -0.15) is 5.10 Å². The predicted octanol–water partition coefficient (Wildman–Crippen LogP) is 3.63. The van der Waals surface area contributed by atoms with Gasteiger partial charge in [0.05, 0.1) is 12.8 Å². The van der Waals surface area contributed by atoms with Crippen LogP contribution in [0.25, 0.3) is 10.9 Å². The molecule has 3 rings (SSSR count). The number of hydrogen-bond donors (Lipinski definition) is 2. The van der Waals surface area contributed by atoms with Gasteiger partial charge in [-0.05, 0) is 47.1 Å². The largest absolute Gasteiger partial charge is 0.504 e. The lowest BCUT2D eigenvalue weighted by atomic mass is 10.2. The second kappa shape index (κ2) is 9.18. The molecular formula is C20H18BrN3O4. The molecule has 0 spiro atoms. The van der Waals surface area contributed by atoms with Gasteiger partial charge >= 0.3 is 0 Å². The van der Waals surface area contributed by atoms with Crippen molar-refractivity contribution in [2.75, 3.05) is 13.2 Å². The maximum absolute atomic E-state index is 12.0. The van der Waals surface area contributed by atoms with Crippen molar-refractivity contribution in [1.29, 1.82) is 0 Å². The number of aromatic nitrogens is 1. The van der Waals surface area contributed by atoms with Crippen LogP contribution in [0.4, 0.5) is 0 Å². The first-order chi connectivity index (χ1) is 13.6. The Balaban J connectivity index is 1.60. The van der Waals surface area contributed by atoms with Crippen LogP contribution in [0, 0.1) is 0 Å². The van der Waals surface area contributed by atoms with Gasteiger partial charge in [0.2, 0.25) is 0 Å². The van der Waals surface area contributed by atoms with Gasteiger partial charge in [0, 0.05) is 21.6 Å². The normalized spacial score (nSPS) is 10.9. The van der Waals surface area contributed by atoms with Crippen LogP contribution in [-0.2, 0) is 4.79 Å². The van der Waals surface area contributed by atoms with Crippen LogP contribution >= 0.6 is 15.9 Å². The van der Waals surface area contributed by atoms with Crippen molar-refractivity contribution in [3.05, 3.63) is 58.7 Å². The van der Waals surface area contributed by atoms with E-state index in [2.05, 4.69) is 31.4 Å². The van der Waals surface area contributed by atoms with E-state index in [9.17, 15) is 9.90 Å². The molecule has 0 aliphatic rings. The van der Waals surface area contributed by atoms with E-state index >= 15 is 0 Å². The Morgan fingerprint density at radius 3 is 2.89 bits per heavy atom. The van der Waals surface area contributed by atoms with E-state index in [1.165, 1.54) is 12.3 Å². The average Bonchev–Trinajstić information content (AvgIpc) is 2.69. The van der Waals surface area contributed by atoms with E-state index in [0.29, 0.717) is 33.7 Å². The average molecular weight is 444 g/mol. The molecule has 3 aromatic rings. The topological polar surface area (TPSA) is 93.0 Å². The Labute approximate surface area is 170 Å². The number of carbonyl (C=O) groups is 1. The molecule has 8 heteroatoms. The highest BCUT2D eigenvalue weighted by atomic mass is 79.9. The highest BCUT2D eigenvalue weighted by Crippen LogP contribution is 2.31. The summed E-state index contributed by atoms with van der Waals surface area (Å²) in [6.07, 6.45) is 3.12. The number of benzene rings is 2. The molecule has 0 saturated carbocycles. The first-order valence-electron chi connectivity index (χ1n) is 8.52. The zero-order chi connectivity index (χ0) is 19.9. The van der Waals surface area contributed by atoms with Gasteiger partial charge in [0.15, 0.2) is 18.1 Å². The first-order valence-corrected chi connectivity index (χ1v) is 9.31. The smallest absolute Gasteiger partial charge is 0.277 e. The summed E-state index contributed by atoms with van der Waals surface area (Å²) in [6, 6.07) is 12.4. The van der Waals surface area contributed by atoms with Gasteiger partial charge in [-0.1, -0.05) is 18.2 Å². The third-order valence-electron chi connectivity index (χ3n) is 3.73. The Kier molecular flexibility index (Phi) is 6.44.